The van der Waals surface area contributed by atoms with Crippen molar-refractivity contribution in [2.75, 3.05) is 0 Å². The Morgan fingerprint density at radius 1 is 0.808 bits per heavy atom. The molecule has 3 rings (SSSR count). The van der Waals surface area contributed by atoms with Gasteiger partial charge in [-0.1, -0.05) is 35.4 Å². The van der Waals surface area contributed by atoms with Gasteiger partial charge in [-0.25, -0.2) is 0 Å². The molecule has 0 aliphatic heterocycles. The SMILES string of the molecule is CC(=O)O.CC(=O)O.CC(=O)O.[Ti].[c-]1cccc2c1Cc1ccccc1-2. The summed E-state index contributed by atoms with van der Waals surface area (Å²) >= 11 is 0. The van der Waals surface area contributed by atoms with Gasteiger partial charge in [0.2, 0.25) is 0 Å². The summed E-state index contributed by atoms with van der Waals surface area (Å²) in [6.07, 6.45) is 1.05. The van der Waals surface area contributed by atoms with Gasteiger partial charge in [-0.15, -0.1) is 5.56 Å². The molecule has 0 fully saturated rings. The fourth-order valence-corrected chi connectivity index (χ4v) is 2.00. The number of carboxylic acids is 3. The predicted octanol–water partition coefficient (Wildman–Crippen LogP) is 3.33. The van der Waals surface area contributed by atoms with Gasteiger partial charge in [-0.2, -0.15) is 29.8 Å². The minimum absolute atomic E-state index is 0. The number of hydrogen-bond donors (Lipinski definition) is 3. The van der Waals surface area contributed by atoms with Gasteiger partial charge in [0.25, 0.3) is 17.9 Å². The Morgan fingerprint density at radius 3 is 1.73 bits per heavy atom. The Hall–Kier alpha value is -2.44. The first-order valence-corrected chi connectivity index (χ1v) is 7.31. The fourth-order valence-electron chi connectivity index (χ4n) is 2.00. The Balaban J connectivity index is 0. The number of carboxylic acid groups (broad SMARTS) is 3. The van der Waals surface area contributed by atoms with E-state index in [-0.39, 0.29) is 21.7 Å². The van der Waals surface area contributed by atoms with E-state index in [9.17, 15) is 0 Å². The topological polar surface area (TPSA) is 112 Å². The molecule has 0 spiro atoms. The molecule has 6 nitrogen and oxygen atoms in total. The van der Waals surface area contributed by atoms with Gasteiger partial charge in [0.1, 0.15) is 0 Å². The average Bonchev–Trinajstić information content (AvgIpc) is 2.84. The summed E-state index contributed by atoms with van der Waals surface area (Å²) in [4.78, 5) is 27.0. The van der Waals surface area contributed by atoms with Crippen LogP contribution in [0.25, 0.3) is 11.1 Å². The average molecular weight is 393 g/mol. The quantitative estimate of drug-likeness (QED) is 0.399. The van der Waals surface area contributed by atoms with Gasteiger partial charge >= 0.3 is 0 Å². The van der Waals surface area contributed by atoms with Crippen LogP contribution in [0, 0.1) is 6.07 Å². The van der Waals surface area contributed by atoms with Crippen molar-refractivity contribution >= 4 is 17.9 Å². The molecule has 7 heteroatoms. The van der Waals surface area contributed by atoms with Crippen LogP contribution in [-0.4, -0.2) is 33.2 Å². The number of hydrogen-bond acceptors (Lipinski definition) is 3. The van der Waals surface area contributed by atoms with E-state index < -0.39 is 17.9 Å². The van der Waals surface area contributed by atoms with Gasteiger partial charge in [-0.05, 0) is 6.42 Å². The van der Waals surface area contributed by atoms with Crippen LogP contribution >= 0.6 is 0 Å². The van der Waals surface area contributed by atoms with Gasteiger partial charge in [-0.3, -0.25) is 14.4 Å². The smallest absolute Gasteiger partial charge is 0.300 e. The number of aliphatic carboxylic acids is 3. The predicted molar refractivity (Wildman–Crippen MR) is 93.4 cm³/mol. The Bertz CT molecular complexity index is 643. The summed E-state index contributed by atoms with van der Waals surface area (Å²) < 4.78 is 0. The summed E-state index contributed by atoms with van der Waals surface area (Å²) in [5.41, 5.74) is 5.51. The van der Waals surface area contributed by atoms with Crippen molar-refractivity contribution in [3.05, 3.63) is 59.7 Å². The van der Waals surface area contributed by atoms with E-state index in [0.29, 0.717) is 0 Å². The second-order valence-corrected chi connectivity index (χ2v) is 4.95. The summed E-state index contributed by atoms with van der Waals surface area (Å²) in [7, 11) is 0. The van der Waals surface area contributed by atoms with Gasteiger partial charge in [0.05, 0.1) is 0 Å². The van der Waals surface area contributed by atoms with Crippen molar-refractivity contribution in [3.8, 4) is 11.1 Å². The molecule has 0 saturated heterocycles. The molecule has 26 heavy (non-hydrogen) atoms. The first-order chi connectivity index (χ1) is 11.6. The first kappa shape index (κ1) is 25.8. The van der Waals surface area contributed by atoms with E-state index >= 15 is 0 Å². The summed E-state index contributed by atoms with van der Waals surface area (Å²) in [5.74, 6) is -2.50. The maximum atomic E-state index is 9.00. The number of benzene rings is 2. The zero-order chi connectivity index (χ0) is 19.4. The summed E-state index contributed by atoms with van der Waals surface area (Å²) in [6, 6.07) is 18.1. The molecule has 0 saturated carbocycles. The monoisotopic (exact) mass is 393 g/mol. The maximum absolute atomic E-state index is 9.00. The van der Waals surface area contributed by atoms with Crippen LogP contribution in [0.1, 0.15) is 31.9 Å². The van der Waals surface area contributed by atoms with Gasteiger partial charge < -0.3 is 15.3 Å². The fraction of sp³-hybridized carbons (Fsp3) is 0.211. The molecule has 0 heterocycles. The molecule has 0 unspecified atom stereocenters. The molecular weight excluding hydrogens is 372 g/mol. The molecule has 0 atom stereocenters. The Kier molecular flexibility index (Phi) is 13.7. The van der Waals surface area contributed by atoms with Crippen molar-refractivity contribution in [3.63, 3.8) is 0 Å². The van der Waals surface area contributed by atoms with E-state index in [1.807, 2.05) is 6.07 Å². The molecule has 1 aliphatic rings. The third-order valence-corrected chi connectivity index (χ3v) is 2.62. The molecule has 0 bridgehead atoms. The van der Waals surface area contributed by atoms with E-state index in [1.165, 1.54) is 22.3 Å². The molecule has 0 radical (unpaired) electrons. The van der Waals surface area contributed by atoms with E-state index in [4.69, 9.17) is 29.7 Å². The molecule has 1 aliphatic carbocycles. The maximum Gasteiger partial charge on any atom is 0.300 e. The van der Waals surface area contributed by atoms with Crippen molar-refractivity contribution in [1.29, 1.82) is 0 Å². The van der Waals surface area contributed by atoms with E-state index in [0.717, 1.165) is 27.2 Å². The molecule has 0 amide bonds. The van der Waals surface area contributed by atoms with Crippen LogP contribution < -0.4 is 0 Å². The summed E-state index contributed by atoms with van der Waals surface area (Å²) in [6.45, 7) is 3.25. The van der Waals surface area contributed by atoms with Crippen LogP contribution in [-0.2, 0) is 42.5 Å². The third kappa shape index (κ3) is 12.0. The number of fused-ring (bicyclic) bond motifs is 3. The van der Waals surface area contributed by atoms with Gasteiger partial charge in [0, 0.05) is 42.5 Å². The second-order valence-electron chi connectivity index (χ2n) is 4.95. The van der Waals surface area contributed by atoms with Crippen LogP contribution in [0.2, 0.25) is 0 Å². The number of rotatable bonds is 0. The van der Waals surface area contributed by atoms with Crippen LogP contribution in [0.4, 0.5) is 0 Å². The number of carbonyl (C=O) groups is 3. The molecule has 138 valence electrons. The van der Waals surface area contributed by atoms with Crippen LogP contribution in [0.3, 0.4) is 0 Å². The van der Waals surface area contributed by atoms with Crippen molar-refractivity contribution in [2.24, 2.45) is 0 Å². The van der Waals surface area contributed by atoms with E-state index in [1.54, 1.807) is 0 Å². The molecule has 3 N–H and O–H groups in total. The first-order valence-electron chi connectivity index (χ1n) is 7.31. The largest absolute Gasteiger partial charge is 0.481 e. The van der Waals surface area contributed by atoms with Crippen LogP contribution in [0.5, 0.6) is 0 Å². The second kappa shape index (κ2) is 13.8. The van der Waals surface area contributed by atoms with E-state index in [2.05, 4.69) is 42.5 Å². The van der Waals surface area contributed by atoms with Crippen molar-refractivity contribution in [1.82, 2.24) is 0 Å². The zero-order valence-corrected chi connectivity index (χ0v) is 16.4. The molecule has 0 aromatic heterocycles. The van der Waals surface area contributed by atoms with Crippen LogP contribution in [0.15, 0.2) is 42.5 Å². The minimum Gasteiger partial charge on any atom is -0.481 e. The molecule has 2 aromatic rings. The molecular formula is C19H21O6Ti-. The van der Waals surface area contributed by atoms with Gasteiger partial charge in [0.15, 0.2) is 0 Å². The van der Waals surface area contributed by atoms with Crippen molar-refractivity contribution in [2.45, 2.75) is 27.2 Å². The standard InChI is InChI=1S/C13H9.3C2H4O2.Ti/c1-3-7-12-10(5-1)9-11-6-2-4-8-13(11)12;3*1-2(3)4;/h1-5,7-8H,9H2;3*1H3,(H,3,4);/q-1;;;;. The normalized spacial score (nSPS) is 9.04. The molecule has 2 aromatic carbocycles. The Labute approximate surface area is 167 Å². The zero-order valence-electron chi connectivity index (χ0n) is 14.8. The minimum atomic E-state index is -0.833. The summed E-state index contributed by atoms with van der Waals surface area (Å²) in [5, 5.41) is 22.2. The Morgan fingerprint density at radius 2 is 1.23 bits per heavy atom. The third-order valence-electron chi connectivity index (χ3n) is 2.62. The van der Waals surface area contributed by atoms with Crippen molar-refractivity contribution < 1.29 is 51.4 Å².